The number of hydrogen-bond acceptors (Lipinski definition) is 8. The van der Waals surface area contributed by atoms with Crippen LogP contribution < -0.4 is 26.2 Å². The van der Waals surface area contributed by atoms with Gasteiger partial charge in [0.2, 0.25) is 11.9 Å². The van der Waals surface area contributed by atoms with Gasteiger partial charge < -0.3 is 31.1 Å². The Labute approximate surface area is 230 Å². The van der Waals surface area contributed by atoms with Gasteiger partial charge in [-0.3, -0.25) is 4.79 Å². The molecule has 3 aromatic rings. The van der Waals surface area contributed by atoms with Gasteiger partial charge in [-0.15, -0.1) is 0 Å². The molecule has 3 aliphatic rings. The standard InChI is InChI=1S/C30H38N8O/c1-35-14-16-37(17-15-35)27-19-28(34-30(32)33-27)38-13-10-22-6-7-26(18-25(22)20-38)36-11-8-23(9-12-36)21-2-4-24(5-3-21)29(31)39/h2-7,18-19,23H,8-17,20H2,1H3,(H2,31,39)(H2,32,33,34). The van der Waals surface area contributed by atoms with Crippen molar-refractivity contribution in [3.05, 3.63) is 70.8 Å². The third-order valence-electron chi connectivity index (χ3n) is 8.60. The minimum Gasteiger partial charge on any atom is -0.371 e. The number of anilines is 4. The second kappa shape index (κ2) is 10.7. The SMILES string of the molecule is CN1CCN(c2cc(N3CCc4ccc(N5CCC(c6ccc(C(N)=O)cc6)CC5)cc4C3)nc(N)n2)CC1. The van der Waals surface area contributed by atoms with E-state index < -0.39 is 0 Å². The third kappa shape index (κ3) is 5.49. The van der Waals surface area contributed by atoms with Crippen LogP contribution >= 0.6 is 0 Å². The van der Waals surface area contributed by atoms with Crippen LogP contribution in [0.2, 0.25) is 0 Å². The number of hydrogen-bond donors (Lipinski definition) is 2. The minimum atomic E-state index is -0.374. The third-order valence-corrected chi connectivity index (χ3v) is 8.60. The summed E-state index contributed by atoms with van der Waals surface area (Å²) < 4.78 is 0. The number of amides is 1. The average molecular weight is 527 g/mol. The number of fused-ring (bicyclic) bond motifs is 1. The van der Waals surface area contributed by atoms with E-state index in [-0.39, 0.29) is 5.91 Å². The van der Waals surface area contributed by atoms with Crippen molar-refractivity contribution in [1.82, 2.24) is 14.9 Å². The van der Waals surface area contributed by atoms with E-state index in [4.69, 9.17) is 11.5 Å². The van der Waals surface area contributed by atoms with Crippen molar-refractivity contribution >= 4 is 29.2 Å². The summed E-state index contributed by atoms with van der Waals surface area (Å²) in [6.07, 6.45) is 3.18. The molecule has 39 heavy (non-hydrogen) atoms. The zero-order chi connectivity index (χ0) is 26.9. The first kappa shape index (κ1) is 25.4. The lowest BCUT2D eigenvalue weighted by Crippen LogP contribution is -2.45. The van der Waals surface area contributed by atoms with E-state index in [1.54, 1.807) is 0 Å². The van der Waals surface area contributed by atoms with Gasteiger partial charge in [-0.05, 0) is 73.2 Å². The summed E-state index contributed by atoms with van der Waals surface area (Å²) in [5.41, 5.74) is 17.5. The van der Waals surface area contributed by atoms with Crippen LogP contribution in [0, 0.1) is 0 Å². The highest BCUT2D eigenvalue weighted by molar-refractivity contribution is 5.92. The maximum absolute atomic E-state index is 11.4. The normalized spacial score (nSPS) is 18.7. The van der Waals surface area contributed by atoms with E-state index in [1.807, 2.05) is 12.1 Å². The zero-order valence-electron chi connectivity index (χ0n) is 22.7. The molecule has 4 N–H and O–H groups in total. The van der Waals surface area contributed by atoms with Gasteiger partial charge in [0.15, 0.2) is 0 Å². The Bertz CT molecular complexity index is 1330. The maximum atomic E-state index is 11.4. The van der Waals surface area contributed by atoms with Gasteiger partial charge in [-0.25, -0.2) is 0 Å². The molecule has 4 heterocycles. The smallest absolute Gasteiger partial charge is 0.248 e. The molecule has 1 aromatic heterocycles. The van der Waals surface area contributed by atoms with Crippen LogP contribution in [0.15, 0.2) is 48.5 Å². The Balaban J connectivity index is 1.13. The van der Waals surface area contributed by atoms with E-state index >= 15 is 0 Å². The molecule has 204 valence electrons. The summed E-state index contributed by atoms with van der Waals surface area (Å²) in [7, 11) is 2.16. The highest BCUT2D eigenvalue weighted by Gasteiger charge is 2.24. The molecule has 0 atom stereocenters. The molecule has 9 nitrogen and oxygen atoms in total. The molecule has 0 bridgehead atoms. The van der Waals surface area contributed by atoms with Gasteiger partial charge in [-0.2, -0.15) is 9.97 Å². The van der Waals surface area contributed by atoms with Gasteiger partial charge in [-0.1, -0.05) is 18.2 Å². The molecule has 0 aliphatic carbocycles. The van der Waals surface area contributed by atoms with E-state index in [0.29, 0.717) is 17.4 Å². The van der Waals surface area contributed by atoms with Crippen LogP contribution in [0.25, 0.3) is 0 Å². The lowest BCUT2D eigenvalue weighted by Gasteiger charge is -2.36. The van der Waals surface area contributed by atoms with E-state index in [9.17, 15) is 4.79 Å². The van der Waals surface area contributed by atoms with Crippen molar-refractivity contribution in [1.29, 1.82) is 0 Å². The zero-order valence-corrected chi connectivity index (χ0v) is 22.7. The first-order valence-electron chi connectivity index (χ1n) is 14.0. The molecule has 2 fully saturated rings. The minimum absolute atomic E-state index is 0.341. The molecule has 6 rings (SSSR count). The fraction of sp³-hybridized carbons (Fsp3) is 0.433. The number of nitrogen functional groups attached to an aromatic ring is 1. The second-order valence-corrected chi connectivity index (χ2v) is 11.1. The molecule has 0 radical (unpaired) electrons. The number of piperidine rings is 1. The van der Waals surface area contributed by atoms with E-state index in [2.05, 4.69) is 73.0 Å². The summed E-state index contributed by atoms with van der Waals surface area (Å²) >= 11 is 0. The van der Waals surface area contributed by atoms with Crippen LogP contribution in [-0.4, -0.2) is 73.6 Å². The number of primary amides is 1. The Morgan fingerprint density at radius 1 is 0.795 bits per heavy atom. The summed E-state index contributed by atoms with van der Waals surface area (Å²) in [6.45, 7) is 7.73. The molecule has 9 heteroatoms. The summed E-state index contributed by atoms with van der Waals surface area (Å²) in [5, 5.41) is 0. The molecular weight excluding hydrogens is 488 g/mol. The number of benzene rings is 2. The summed E-state index contributed by atoms with van der Waals surface area (Å²) in [4.78, 5) is 30.1. The highest BCUT2D eigenvalue weighted by atomic mass is 16.1. The first-order valence-corrected chi connectivity index (χ1v) is 14.0. The average Bonchev–Trinajstić information content (AvgIpc) is 2.97. The van der Waals surface area contributed by atoms with E-state index in [0.717, 1.165) is 83.3 Å². The number of carbonyl (C=O) groups is 1. The van der Waals surface area contributed by atoms with Crippen LogP contribution in [0.4, 0.5) is 23.3 Å². The Morgan fingerprint density at radius 2 is 1.49 bits per heavy atom. The number of piperazine rings is 1. The number of carbonyl (C=O) groups excluding carboxylic acids is 1. The van der Waals surface area contributed by atoms with Crippen molar-refractivity contribution in [2.45, 2.75) is 31.7 Å². The number of nitrogens with two attached hydrogens (primary N) is 2. The van der Waals surface area contributed by atoms with E-state index in [1.165, 1.54) is 22.4 Å². The predicted molar refractivity (Wildman–Crippen MR) is 156 cm³/mol. The van der Waals surface area contributed by atoms with Crippen LogP contribution in [0.5, 0.6) is 0 Å². The lowest BCUT2D eigenvalue weighted by molar-refractivity contribution is 0.1000. The van der Waals surface area contributed by atoms with Crippen molar-refractivity contribution in [2.75, 3.05) is 73.3 Å². The fourth-order valence-electron chi connectivity index (χ4n) is 6.13. The summed E-state index contributed by atoms with van der Waals surface area (Å²) in [5.74, 6) is 2.32. The molecule has 0 unspecified atom stereocenters. The van der Waals surface area contributed by atoms with Crippen molar-refractivity contribution in [2.24, 2.45) is 5.73 Å². The number of likely N-dealkylation sites (N-methyl/N-ethyl adjacent to an activating group) is 1. The van der Waals surface area contributed by atoms with Crippen molar-refractivity contribution in [3.63, 3.8) is 0 Å². The molecule has 0 spiro atoms. The predicted octanol–water partition coefficient (Wildman–Crippen LogP) is 2.86. The molecular formula is C30H38N8O. The summed E-state index contributed by atoms with van der Waals surface area (Å²) in [6, 6.07) is 16.9. The number of aromatic nitrogens is 2. The topological polar surface area (TPSA) is 108 Å². The molecule has 3 aliphatic heterocycles. The molecule has 2 saturated heterocycles. The van der Waals surface area contributed by atoms with Gasteiger partial charge in [0, 0.05) is 69.7 Å². The number of nitrogens with zero attached hydrogens (tertiary/aromatic N) is 6. The Hall–Kier alpha value is -3.85. The van der Waals surface area contributed by atoms with Gasteiger partial charge in [0.1, 0.15) is 11.6 Å². The second-order valence-electron chi connectivity index (χ2n) is 11.1. The first-order chi connectivity index (χ1) is 18.9. The maximum Gasteiger partial charge on any atom is 0.248 e. The van der Waals surface area contributed by atoms with Gasteiger partial charge >= 0.3 is 0 Å². The van der Waals surface area contributed by atoms with Gasteiger partial charge in [0.05, 0.1) is 0 Å². The van der Waals surface area contributed by atoms with Gasteiger partial charge in [0.25, 0.3) is 0 Å². The fourth-order valence-corrected chi connectivity index (χ4v) is 6.13. The molecule has 2 aromatic carbocycles. The largest absolute Gasteiger partial charge is 0.371 e. The quantitative estimate of drug-likeness (QED) is 0.523. The lowest BCUT2D eigenvalue weighted by atomic mass is 9.88. The van der Waals surface area contributed by atoms with Crippen LogP contribution in [0.1, 0.15) is 45.8 Å². The highest BCUT2D eigenvalue weighted by Crippen LogP contribution is 2.33. The monoisotopic (exact) mass is 526 g/mol. The molecule has 1 amide bonds. The Kier molecular flexibility index (Phi) is 6.99. The van der Waals surface area contributed by atoms with Crippen molar-refractivity contribution < 1.29 is 4.79 Å². The molecule has 0 saturated carbocycles. The Morgan fingerprint density at radius 3 is 2.18 bits per heavy atom. The van der Waals surface area contributed by atoms with Crippen LogP contribution in [0.3, 0.4) is 0 Å². The van der Waals surface area contributed by atoms with Crippen LogP contribution in [-0.2, 0) is 13.0 Å². The van der Waals surface area contributed by atoms with Crippen molar-refractivity contribution in [3.8, 4) is 0 Å². The number of rotatable bonds is 5.